The fraction of sp³-hybridized carbons (Fsp3) is 0.227. The molecule has 0 fully saturated rings. The molecule has 1 aliphatic rings. The summed E-state index contributed by atoms with van der Waals surface area (Å²) >= 11 is 0. The number of para-hydroxylation sites is 1. The molecule has 0 aliphatic carbocycles. The van der Waals surface area contributed by atoms with E-state index in [2.05, 4.69) is 21.4 Å². The Morgan fingerprint density at radius 1 is 1.14 bits per heavy atom. The molecule has 28 heavy (non-hydrogen) atoms. The van der Waals surface area contributed by atoms with E-state index in [0.29, 0.717) is 18.7 Å². The number of carbonyl (C=O) groups is 1. The average Bonchev–Trinajstić information content (AvgIpc) is 3.16. The summed E-state index contributed by atoms with van der Waals surface area (Å²) in [7, 11) is 3.94. The van der Waals surface area contributed by atoms with Crippen LogP contribution in [-0.4, -0.2) is 36.5 Å². The molecular weight excluding hydrogens is 350 g/mol. The van der Waals surface area contributed by atoms with Gasteiger partial charge in [-0.2, -0.15) is 0 Å². The van der Waals surface area contributed by atoms with E-state index >= 15 is 0 Å². The predicted molar refractivity (Wildman–Crippen MR) is 112 cm³/mol. The van der Waals surface area contributed by atoms with Crippen LogP contribution in [0.15, 0.2) is 60.9 Å². The van der Waals surface area contributed by atoms with Crippen molar-refractivity contribution in [3.05, 3.63) is 77.6 Å². The number of rotatable bonds is 5. The lowest BCUT2D eigenvalue weighted by molar-refractivity contribution is 0.0989. The van der Waals surface area contributed by atoms with Crippen LogP contribution in [0.1, 0.15) is 21.5 Å². The molecule has 0 bridgehead atoms. The molecular formula is C22H23N5O. The van der Waals surface area contributed by atoms with Crippen LogP contribution >= 0.6 is 0 Å². The van der Waals surface area contributed by atoms with Gasteiger partial charge in [-0.25, -0.2) is 9.97 Å². The standard InChI is InChI=1S/C22H23N5O/c1-26(2)21-13-16(9-11-23-21)14-24-20-8-7-18(15-25-20)22(28)27-12-10-17-5-3-4-6-19(17)27/h3-9,11,13,15H,10,12,14H2,1-2H3,(H,24,25). The number of amides is 1. The van der Waals surface area contributed by atoms with Crippen LogP contribution in [0.25, 0.3) is 0 Å². The first-order valence-electron chi connectivity index (χ1n) is 9.34. The Morgan fingerprint density at radius 2 is 2.00 bits per heavy atom. The number of nitrogens with one attached hydrogen (secondary N) is 1. The monoisotopic (exact) mass is 373 g/mol. The van der Waals surface area contributed by atoms with Gasteiger partial charge in [-0.15, -0.1) is 0 Å². The van der Waals surface area contributed by atoms with Crippen molar-refractivity contribution in [1.82, 2.24) is 9.97 Å². The minimum Gasteiger partial charge on any atom is -0.366 e. The summed E-state index contributed by atoms with van der Waals surface area (Å²) in [4.78, 5) is 25.4. The van der Waals surface area contributed by atoms with E-state index in [1.165, 1.54) is 5.56 Å². The average molecular weight is 373 g/mol. The Balaban J connectivity index is 1.42. The number of hydrogen-bond acceptors (Lipinski definition) is 5. The number of nitrogens with zero attached hydrogens (tertiary/aromatic N) is 4. The van der Waals surface area contributed by atoms with E-state index in [4.69, 9.17) is 0 Å². The first-order valence-corrected chi connectivity index (χ1v) is 9.34. The molecule has 2 aromatic heterocycles. The van der Waals surface area contributed by atoms with Gasteiger partial charge < -0.3 is 15.1 Å². The Kier molecular flexibility index (Phi) is 4.93. The van der Waals surface area contributed by atoms with Crippen LogP contribution in [0, 0.1) is 0 Å². The van der Waals surface area contributed by atoms with E-state index < -0.39 is 0 Å². The van der Waals surface area contributed by atoms with Crippen molar-refractivity contribution < 1.29 is 4.79 Å². The lowest BCUT2D eigenvalue weighted by atomic mass is 10.2. The van der Waals surface area contributed by atoms with Crippen LogP contribution in [0.4, 0.5) is 17.3 Å². The van der Waals surface area contributed by atoms with E-state index in [0.717, 1.165) is 29.3 Å². The number of anilines is 3. The van der Waals surface area contributed by atoms with Crippen molar-refractivity contribution in [3.8, 4) is 0 Å². The molecule has 0 spiro atoms. The van der Waals surface area contributed by atoms with Crippen molar-refractivity contribution in [2.45, 2.75) is 13.0 Å². The van der Waals surface area contributed by atoms with Gasteiger partial charge in [-0.1, -0.05) is 18.2 Å². The molecule has 1 aliphatic heterocycles. The van der Waals surface area contributed by atoms with Gasteiger partial charge in [-0.3, -0.25) is 4.79 Å². The molecule has 6 heteroatoms. The third-order valence-electron chi connectivity index (χ3n) is 4.88. The number of pyridine rings is 2. The van der Waals surface area contributed by atoms with E-state index in [1.54, 1.807) is 12.4 Å². The Labute approximate surface area is 164 Å². The van der Waals surface area contributed by atoms with E-state index in [9.17, 15) is 4.79 Å². The van der Waals surface area contributed by atoms with E-state index in [1.807, 2.05) is 66.4 Å². The quantitative estimate of drug-likeness (QED) is 0.743. The highest BCUT2D eigenvalue weighted by molar-refractivity contribution is 6.07. The van der Waals surface area contributed by atoms with Crippen LogP contribution in [-0.2, 0) is 13.0 Å². The number of carbonyl (C=O) groups excluding carboxylic acids is 1. The Bertz CT molecular complexity index is 984. The summed E-state index contributed by atoms with van der Waals surface area (Å²) in [5.74, 6) is 1.65. The van der Waals surface area contributed by atoms with Gasteiger partial charge in [0, 0.05) is 45.3 Å². The zero-order valence-electron chi connectivity index (χ0n) is 16.1. The van der Waals surface area contributed by atoms with Crippen molar-refractivity contribution in [3.63, 3.8) is 0 Å². The summed E-state index contributed by atoms with van der Waals surface area (Å²) < 4.78 is 0. The lowest BCUT2D eigenvalue weighted by Crippen LogP contribution is -2.28. The Morgan fingerprint density at radius 3 is 2.79 bits per heavy atom. The number of fused-ring (bicyclic) bond motifs is 1. The summed E-state index contributed by atoms with van der Waals surface area (Å²) in [5, 5.41) is 3.30. The molecule has 0 saturated carbocycles. The van der Waals surface area contributed by atoms with Gasteiger partial charge in [0.05, 0.1) is 5.56 Å². The molecule has 0 radical (unpaired) electrons. The predicted octanol–water partition coefficient (Wildman–Crippen LogP) is 3.36. The second-order valence-electron chi connectivity index (χ2n) is 7.04. The first-order chi connectivity index (χ1) is 13.6. The molecule has 1 aromatic carbocycles. The largest absolute Gasteiger partial charge is 0.366 e. The zero-order chi connectivity index (χ0) is 19.5. The molecule has 1 amide bonds. The van der Waals surface area contributed by atoms with Crippen molar-refractivity contribution >= 4 is 23.2 Å². The minimum absolute atomic E-state index is 0.00578. The maximum atomic E-state index is 12.9. The van der Waals surface area contributed by atoms with Gasteiger partial charge in [0.2, 0.25) is 0 Å². The summed E-state index contributed by atoms with van der Waals surface area (Å²) in [6, 6.07) is 15.8. The highest BCUT2D eigenvalue weighted by atomic mass is 16.2. The fourth-order valence-electron chi connectivity index (χ4n) is 3.34. The van der Waals surface area contributed by atoms with E-state index in [-0.39, 0.29) is 5.91 Å². The molecule has 3 aromatic rings. The van der Waals surface area contributed by atoms with Crippen LogP contribution in [0.3, 0.4) is 0 Å². The van der Waals surface area contributed by atoms with Crippen molar-refractivity contribution in [2.24, 2.45) is 0 Å². The van der Waals surface area contributed by atoms with Gasteiger partial charge >= 0.3 is 0 Å². The van der Waals surface area contributed by atoms with Crippen LogP contribution < -0.4 is 15.1 Å². The molecule has 6 nitrogen and oxygen atoms in total. The fourth-order valence-corrected chi connectivity index (χ4v) is 3.34. The smallest absolute Gasteiger partial charge is 0.259 e. The normalized spacial score (nSPS) is 12.6. The molecule has 1 N–H and O–H groups in total. The van der Waals surface area contributed by atoms with Crippen molar-refractivity contribution in [2.75, 3.05) is 35.8 Å². The first kappa shape index (κ1) is 18.0. The maximum absolute atomic E-state index is 12.9. The van der Waals surface area contributed by atoms with Crippen LogP contribution in [0.2, 0.25) is 0 Å². The highest BCUT2D eigenvalue weighted by Gasteiger charge is 2.25. The third kappa shape index (κ3) is 3.67. The molecule has 0 unspecified atom stereocenters. The van der Waals surface area contributed by atoms with Gasteiger partial charge in [0.15, 0.2) is 0 Å². The second kappa shape index (κ2) is 7.68. The minimum atomic E-state index is -0.00578. The van der Waals surface area contributed by atoms with Crippen molar-refractivity contribution in [1.29, 1.82) is 0 Å². The molecule has 0 atom stereocenters. The summed E-state index contributed by atoms with van der Waals surface area (Å²) in [6.45, 7) is 1.36. The molecule has 4 rings (SSSR count). The van der Waals surface area contributed by atoms with Gasteiger partial charge in [0.1, 0.15) is 11.6 Å². The maximum Gasteiger partial charge on any atom is 0.259 e. The molecule has 0 saturated heterocycles. The van der Waals surface area contributed by atoms with Gasteiger partial charge in [-0.05, 0) is 47.9 Å². The highest BCUT2D eigenvalue weighted by Crippen LogP contribution is 2.28. The zero-order valence-corrected chi connectivity index (χ0v) is 16.1. The number of hydrogen-bond donors (Lipinski definition) is 1. The van der Waals surface area contributed by atoms with Gasteiger partial charge in [0.25, 0.3) is 5.91 Å². The second-order valence-corrected chi connectivity index (χ2v) is 7.04. The topological polar surface area (TPSA) is 61.4 Å². The lowest BCUT2D eigenvalue weighted by Gasteiger charge is -2.17. The SMILES string of the molecule is CN(C)c1cc(CNc2ccc(C(=O)N3CCc4ccccc43)cn2)ccn1. The molecule has 3 heterocycles. The van der Waals surface area contributed by atoms with Crippen LogP contribution in [0.5, 0.6) is 0 Å². The number of aromatic nitrogens is 2. The summed E-state index contributed by atoms with van der Waals surface area (Å²) in [5.41, 5.74) is 3.94. The third-order valence-corrected chi connectivity index (χ3v) is 4.88. The summed E-state index contributed by atoms with van der Waals surface area (Å²) in [6.07, 6.45) is 4.34. The Hall–Kier alpha value is -3.41. The molecule has 142 valence electrons. The number of benzene rings is 1.